The van der Waals surface area contributed by atoms with Gasteiger partial charge in [-0.05, 0) is 126 Å². The first kappa shape index (κ1) is 73.2. The Balaban J connectivity index is 0.000000568. The first-order valence-corrected chi connectivity index (χ1v) is 27.4. The zero-order valence-electron chi connectivity index (χ0n) is 51.2. The molecule has 2 heterocycles. The Labute approximate surface area is 576 Å². The van der Waals surface area contributed by atoms with Gasteiger partial charge >= 0.3 is 96.9 Å². The number of carbonyl (C=O) groups excluding carboxylic acids is 4. The molecule has 0 aliphatic rings. The Morgan fingerprint density at radius 3 is 1.15 bits per heavy atom. The van der Waals surface area contributed by atoms with Gasteiger partial charge in [-0.2, -0.15) is 0 Å². The van der Waals surface area contributed by atoms with E-state index < -0.39 is 66.9 Å². The van der Waals surface area contributed by atoms with Crippen molar-refractivity contribution in [2.75, 3.05) is 10.6 Å². The van der Waals surface area contributed by atoms with E-state index in [9.17, 15) is 63.7 Å². The van der Waals surface area contributed by atoms with Gasteiger partial charge in [0.2, 0.25) is 0 Å². The number of aliphatic hydroxyl groups excluding tert-OH is 5. The summed E-state index contributed by atoms with van der Waals surface area (Å²) in [7, 11) is 0. The van der Waals surface area contributed by atoms with E-state index in [1.165, 1.54) is 24.3 Å². The van der Waals surface area contributed by atoms with Crippen molar-refractivity contribution in [3.8, 4) is 44.8 Å². The molecule has 0 fully saturated rings. The Hall–Kier alpha value is -5.32. The molecule has 0 radical (unpaired) electrons. The maximum absolute atomic E-state index is 14.1. The number of rotatable bonds is 24. The monoisotopic (exact) mass is 1220 g/mol. The summed E-state index contributed by atoms with van der Waals surface area (Å²) < 4.78 is 31.9. The summed E-state index contributed by atoms with van der Waals surface area (Å²) >= 11 is 0. The number of nitrogens with one attached hydrogen (secondary N) is 2. The van der Waals surface area contributed by atoms with Crippen molar-refractivity contribution in [2.45, 2.75) is 115 Å². The molecule has 0 aliphatic heterocycles. The van der Waals surface area contributed by atoms with Gasteiger partial charge in [-0.1, -0.05) is 125 Å². The van der Waals surface area contributed by atoms with Crippen LogP contribution in [0.5, 0.6) is 0 Å². The summed E-state index contributed by atoms with van der Waals surface area (Å²) in [5.41, 5.74) is 9.15. The minimum Gasteiger partial charge on any atom is -1.00 e. The molecule has 0 aliphatic carbocycles. The summed E-state index contributed by atoms with van der Waals surface area (Å²) in [5, 5.41) is 78.9. The van der Waals surface area contributed by atoms with Crippen molar-refractivity contribution in [2.24, 2.45) is 0 Å². The second kappa shape index (κ2) is 35.0. The smallest absolute Gasteiger partial charge is 1.00 e. The zero-order chi connectivity index (χ0) is 59.9. The van der Waals surface area contributed by atoms with Crippen LogP contribution in [-0.2, 0) is 22.7 Å². The number of aliphatic hydroxyl groups is 5. The third-order valence-corrected chi connectivity index (χ3v) is 14.0. The molecule has 5 atom stereocenters. The van der Waals surface area contributed by atoms with Gasteiger partial charge in [-0.15, -0.1) is 0 Å². The van der Waals surface area contributed by atoms with Crippen molar-refractivity contribution in [1.82, 2.24) is 9.13 Å². The van der Waals surface area contributed by atoms with E-state index >= 15 is 0 Å². The van der Waals surface area contributed by atoms with Gasteiger partial charge < -0.3 is 68.0 Å². The molecule has 2 aromatic heterocycles. The van der Waals surface area contributed by atoms with Crippen molar-refractivity contribution in [3.63, 3.8) is 0 Å². The van der Waals surface area contributed by atoms with E-state index in [4.69, 9.17) is 0 Å². The fourth-order valence-electron chi connectivity index (χ4n) is 10.4. The number of carboxylic acids is 2. The van der Waals surface area contributed by atoms with Gasteiger partial charge in [0.25, 0.3) is 11.8 Å². The molecule has 0 saturated carbocycles. The van der Waals surface area contributed by atoms with Crippen LogP contribution in [0.3, 0.4) is 0 Å². The molecular weight excluding hydrogens is 1150 g/mol. The Morgan fingerprint density at radius 1 is 0.488 bits per heavy atom. The summed E-state index contributed by atoms with van der Waals surface area (Å²) in [5.74, 6) is -4.95. The molecule has 0 bridgehead atoms. The Morgan fingerprint density at radius 2 is 0.826 bits per heavy atom. The molecule has 20 heteroatoms. The Bertz CT molecular complexity index is 3460. The van der Waals surface area contributed by atoms with Crippen LogP contribution < -0.4 is 80.0 Å². The first-order chi connectivity index (χ1) is 39.7. The van der Waals surface area contributed by atoms with E-state index in [2.05, 4.69) is 10.6 Å². The number of amides is 2. The van der Waals surface area contributed by atoms with Crippen LogP contribution in [0.25, 0.3) is 44.8 Å². The summed E-state index contributed by atoms with van der Waals surface area (Å²) in [6.45, 7) is 8.30. The van der Waals surface area contributed by atoms with E-state index in [0.29, 0.717) is 61.8 Å². The van der Waals surface area contributed by atoms with Crippen molar-refractivity contribution in [1.29, 1.82) is 0 Å². The average molecular weight is 1220 g/mol. The molecule has 86 heavy (non-hydrogen) atoms. The van der Waals surface area contributed by atoms with Crippen LogP contribution in [0.2, 0.25) is 0 Å². The largest absolute Gasteiger partial charge is 2.00 e. The topological polar surface area (TPSA) is 249 Å². The van der Waals surface area contributed by atoms with Crippen LogP contribution in [0.1, 0.15) is 107 Å². The molecule has 8 aromatic rings. The Kier molecular flexibility index (Phi) is 29.8. The normalized spacial score (nSPS) is 12.7. The summed E-state index contributed by atoms with van der Waals surface area (Å²) in [6.07, 6.45) is -8.14. The van der Waals surface area contributed by atoms with E-state index in [0.717, 1.165) is 16.8 Å². The fourth-order valence-corrected chi connectivity index (χ4v) is 10.4. The summed E-state index contributed by atoms with van der Waals surface area (Å²) in [4.78, 5) is 49.9. The van der Waals surface area contributed by atoms with Crippen molar-refractivity contribution >= 4 is 72.9 Å². The van der Waals surface area contributed by atoms with Crippen molar-refractivity contribution in [3.05, 3.63) is 204 Å². The van der Waals surface area contributed by atoms with Gasteiger partial charge in [0.1, 0.15) is 17.7 Å². The number of benzene rings is 6. The van der Waals surface area contributed by atoms with Crippen molar-refractivity contribution < 1.29 is 126 Å². The number of aliphatic carboxylic acids is 2. The number of nitrogens with zero attached hydrogens (tertiary/aromatic N) is 2. The number of carbonyl (C=O) groups is 4. The molecule has 6 aromatic carbocycles. The molecule has 1 unspecified atom stereocenters. The number of carboxylic acid groups (broad SMARTS) is 2. The van der Waals surface area contributed by atoms with Crippen LogP contribution in [0, 0.1) is 11.6 Å². The number of anilines is 2. The average Bonchev–Trinajstić information content (AvgIpc) is 2.28. The number of halogens is 2. The zero-order valence-corrected chi connectivity index (χ0v) is 55.4. The van der Waals surface area contributed by atoms with Crippen LogP contribution in [0.4, 0.5) is 20.2 Å². The van der Waals surface area contributed by atoms with E-state index in [1.807, 2.05) is 134 Å². The molecule has 438 valence electrons. The number of aromatic nitrogens is 2. The molecule has 15 nitrogen and oxygen atoms in total. The van der Waals surface area contributed by atoms with E-state index in [-0.39, 0.29) is 156 Å². The van der Waals surface area contributed by atoms with Crippen LogP contribution >= 0.6 is 0 Å². The maximum atomic E-state index is 14.1. The second-order valence-electron chi connectivity index (χ2n) is 20.9. The maximum Gasteiger partial charge on any atom is 2.00 e. The molecular formula is C66H70CaF2N4Na2O11. The molecule has 2 amide bonds. The van der Waals surface area contributed by atoms with E-state index in [1.54, 1.807) is 48.5 Å². The molecule has 7 N–H and O–H groups in total. The van der Waals surface area contributed by atoms with Gasteiger partial charge in [0.05, 0.1) is 52.9 Å². The number of para-hydroxylation sites is 2. The fraction of sp³-hybridized carbons (Fsp3) is 0.273. The number of hydrogen-bond donors (Lipinski definition) is 7. The van der Waals surface area contributed by atoms with Gasteiger partial charge in [0.15, 0.2) is 0 Å². The minimum absolute atomic E-state index is 0. The SMILES string of the molecule is CC(C)c1c(C(=O)Nc2ccccc2)c(-c2ccccc2)c(-c2ccc(F)cc2)n1CC[C@@H](O)C[C@@H](O)C(O)C(=O)[O-].CC(C)c1c(C(=O)Nc2ccccc2)c(-c2ccccc2)c(-c2ccc(F)cc2)n1CC[C@@H](O)C[C@@H](O)CC(=O)[O-].[Ca+2].[H-].[H-].[Na+].[Na+]. The molecule has 0 spiro atoms. The molecule has 8 rings (SSSR count). The standard InChI is InChI=1S/C33H35FN2O6.C33H35FN2O5.Ca.2Na.2H/c1-20(2)29-28(32(40)35-24-11-7-4-8-12-24)27(21-9-5-3-6-10-21)30(22-13-15-23(34)16-14-22)36(29)18-17-25(37)19-26(38)31(39)33(41)42;1-21(2)31-30(33(41)35-25-11-7-4-8-12-25)29(22-9-5-3-6-10-22)32(23-13-15-24(34)16-14-23)36(31)18-17-26(37)19-27(38)20-28(39)40;;;;;/h3-16,20,25-26,31,37-39H,17-19H2,1-2H3,(H,35,40)(H,41,42);3-16,21,26-27,37-38H,17-20H2,1-2H3,(H,35,41)(H,39,40);;;;;/q;;+2;2*+1;2*-1/p-2/t25-,26-,31?;26-,27-;;;;;/m11...../s1. The summed E-state index contributed by atoms with van der Waals surface area (Å²) in [6, 6.07) is 49.1. The van der Waals surface area contributed by atoms with Gasteiger partial charge in [-0.25, -0.2) is 8.78 Å². The minimum atomic E-state index is -2.13. The second-order valence-corrected chi connectivity index (χ2v) is 20.9. The predicted molar refractivity (Wildman–Crippen MR) is 319 cm³/mol. The quantitative estimate of drug-likeness (QED) is 0.0434. The van der Waals surface area contributed by atoms with Gasteiger partial charge in [-0.3, -0.25) is 9.59 Å². The molecule has 0 saturated heterocycles. The van der Waals surface area contributed by atoms with Crippen LogP contribution in [0.15, 0.2) is 170 Å². The van der Waals surface area contributed by atoms with Crippen LogP contribution in [-0.4, -0.2) is 127 Å². The third kappa shape index (κ3) is 19.3. The van der Waals surface area contributed by atoms with Gasteiger partial charge in [0, 0.05) is 65.8 Å². The number of hydrogen-bond acceptors (Lipinski definition) is 11. The first-order valence-electron chi connectivity index (χ1n) is 27.4. The third-order valence-electron chi connectivity index (χ3n) is 14.0. The predicted octanol–water partition coefficient (Wildman–Crippen LogP) is 2.78.